The molecule has 0 saturated carbocycles. The van der Waals surface area contributed by atoms with Crippen LogP contribution in [0.15, 0.2) is 42.5 Å². The molecule has 2 heterocycles. The van der Waals surface area contributed by atoms with Gasteiger partial charge in [0.15, 0.2) is 0 Å². The van der Waals surface area contributed by atoms with Crippen molar-refractivity contribution in [2.45, 2.75) is 57.7 Å². The summed E-state index contributed by atoms with van der Waals surface area (Å²) in [6.07, 6.45) is 1.59. The molecule has 2 aliphatic rings. The zero-order valence-corrected chi connectivity index (χ0v) is 21.2. The van der Waals surface area contributed by atoms with E-state index in [-0.39, 0.29) is 22.2 Å². The maximum absolute atomic E-state index is 13.4. The number of hydrogen-bond acceptors (Lipinski definition) is 3. The molecular formula is C27H35N3O2S. The number of rotatable bonds is 2. The average Bonchev–Trinajstić information content (AvgIpc) is 3.18. The summed E-state index contributed by atoms with van der Waals surface area (Å²) in [6, 6.07) is 14.1. The van der Waals surface area contributed by atoms with E-state index < -0.39 is 0 Å². The molecule has 5 nitrogen and oxygen atoms in total. The van der Waals surface area contributed by atoms with Crippen molar-refractivity contribution in [3.05, 3.63) is 64.7 Å². The Kier molecular flexibility index (Phi) is 6.50. The third-order valence-corrected chi connectivity index (χ3v) is 8.43. The normalized spacial score (nSPS) is 18.0. The standard InChI is InChI=1S/C27H35N3O2S/c1-19-6-11-23(20(2)18-19)28-25(32)29-14-12-27(13-15-29)30(16-17-33-27)24(31)21-7-9-22(10-8-21)26(3,4)5/h6-11,18H,12-17H2,1-5H3,(H,28,32). The molecular weight excluding hydrogens is 430 g/mol. The van der Waals surface area contributed by atoms with Crippen LogP contribution in [0.1, 0.15) is 60.7 Å². The lowest BCUT2D eigenvalue weighted by atomic mass is 9.86. The summed E-state index contributed by atoms with van der Waals surface area (Å²) in [5.41, 5.74) is 5.15. The van der Waals surface area contributed by atoms with E-state index in [0.29, 0.717) is 13.1 Å². The topological polar surface area (TPSA) is 52.7 Å². The molecule has 6 heteroatoms. The summed E-state index contributed by atoms with van der Waals surface area (Å²) < 4.78 is 0. The monoisotopic (exact) mass is 465 g/mol. The summed E-state index contributed by atoms with van der Waals surface area (Å²) in [5.74, 6) is 1.05. The summed E-state index contributed by atoms with van der Waals surface area (Å²) in [5, 5.41) is 3.06. The van der Waals surface area contributed by atoms with Gasteiger partial charge < -0.3 is 15.1 Å². The molecule has 0 bridgehead atoms. The Bertz CT molecular complexity index is 1030. The minimum atomic E-state index is -0.212. The molecule has 0 aliphatic carbocycles. The van der Waals surface area contributed by atoms with Crippen LogP contribution in [0.5, 0.6) is 0 Å². The van der Waals surface area contributed by atoms with E-state index in [2.05, 4.69) is 49.2 Å². The minimum absolute atomic E-state index is 0.0598. The van der Waals surface area contributed by atoms with Crippen molar-refractivity contribution in [3.63, 3.8) is 0 Å². The van der Waals surface area contributed by atoms with Crippen molar-refractivity contribution >= 4 is 29.4 Å². The molecule has 2 saturated heterocycles. The molecule has 0 aromatic heterocycles. The minimum Gasteiger partial charge on any atom is -0.324 e. The maximum Gasteiger partial charge on any atom is 0.321 e. The van der Waals surface area contributed by atoms with Gasteiger partial charge in [0.05, 0.1) is 4.87 Å². The van der Waals surface area contributed by atoms with Gasteiger partial charge in [0.25, 0.3) is 5.91 Å². The number of aryl methyl sites for hydroxylation is 2. The van der Waals surface area contributed by atoms with Gasteiger partial charge in [-0.15, -0.1) is 11.8 Å². The van der Waals surface area contributed by atoms with Crippen LogP contribution in [0, 0.1) is 13.8 Å². The molecule has 0 radical (unpaired) electrons. The van der Waals surface area contributed by atoms with Gasteiger partial charge in [-0.05, 0) is 61.4 Å². The third kappa shape index (κ3) is 4.91. The van der Waals surface area contributed by atoms with E-state index in [1.807, 2.05) is 54.8 Å². The number of likely N-dealkylation sites (tertiary alicyclic amines) is 1. The molecule has 2 fully saturated rings. The van der Waals surface area contributed by atoms with Crippen molar-refractivity contribution in [1.82, 2.24) is 9.80 Å². The Balaban J connectivity index is 1.41. The second kappa shape index (κ2) is 9.05. The first-order valence-electron chi connectivity index (χ1n) is 11.8. The SMILES string of the molecule is Cc1ccc(NC(=O)N2CCC3(CC2)SCCN3C(=O)c2ccc(C(C)(C)C)cc2)c(C)c1. The van der Waals surface area contributed by atoms with E-state index in [1.165, 1.54) is 11.1 Å². The van der Waals surface area contributed by atoms with Gasteiger partial charge in [-0.2, -0.15) is 0 Å². The number of nitrogens with one attached hydrogen (secondary N) is 1. The van der Waals surface area contributed by atoms with Crippen LogP contribution >= 0.6 is 11.8 Å². The highest BCUT2D eigenvalue weighted by molar-refractivity contribution is 8.00. The Labute approximate surface area is 201 Å². The van der Waals surface area contributed by atoms with Gasteiger partial charge in [-0.3, -0.25) is 4.79 Å². The molecule has 176 valence electrons. The van der Waals surface area contributed by atoms with Crippen molar-refractivity contribution in [3.8, 4) is 0 Å². The number of nitrogens with zero attached hydrogens (tertiary/aromatic N) is 2. The van der Waals surface area contributed by atoms with E-state index in [4.69, 9.17) is 0 Å². The molecule has 2 aromatic carbocycles. The van der Waals surface area contributed by atoms with Gasteiger partial charge in [0.2, 0.25) is 0 Å². The maximum atomic E-state index is 13.4. The number of anilines is 1. The summed E-state index contributed by atoms with van der Waals surface area (Å²) in [7, 11) is 0. The van der Waals surface area contributed by atoms with Crippen LogP contribution in [0.4, 0.5) is 10.5 Å². The molecule has 1 N–H and O–H groups in total. The Hall–Kier alpha value is -2.47. The molecule has 33 heavy (non-hydrogen) atoms. The highest BCUT2D eigenvalue weighted by atomic mass is 32.2. The first-order valence-corrected chi connectivity index (χ1v) is 12.8. The van der Waals surface area contributed by atoms with Gasteiger partial charge in [-0.25, -0.2) is 4.79 Å². The fourth-order valence-corrected chi connectivity index (χ4v) is 6.24. The highest BCUT2D eigenvalue weighted by Crippen LogP contribution is 2.44. The van der Waals surface area contributed by atoms with Crippen LogP contribution in [-0.2, 0) is 5.41 Å². The Morgan fingerprint density at radius 2 is 1.64 bits per heavy atom. The van der Waals surface area contributed by atoms with E-state index in [1.54, 1.807) is 0 Å². The fourth-order valence-electron chi connectivity index (χ4n) is 4.79. The van der Waals surface area contributed by atoms with Crippen LogP contribution < -0.4 is 5.32 Å². The molecule has 1 spiro atoms. The quantitative estimate of drug-likeness (QED) is 0.609. The van der Waals surface area contributed by atoms with Crippen molar-refractivity contribution in [2.24, 2.45) is 0 Å². The summed E-state index contributed by atoms with van der Waals surface area (Å²) >= 11 is 1.87. The molecule has 2 aliphatic heterocycles. The molecule has 0 unspecified atom stereocenters. The number of piperidine rings is 1. The lowest BCUT2D eigenvalue weighted by Gasteiger charge is -2.44. The molecule has 4 rings (SSSR count). The summed E-state index contributed by atoms with van der Waals surface area (Å²) in [6.45, 7) is 12.7. The number of amides is 3. The van der Waals surface area contributed by atoms with Crippen molar-refractivity contribution in [2.75, 3.05) is 30.7 Å². The predicted molar refractivity (Wildman–Crippen MR) is 137 cm³/mol. The lowest BCUT2D eigenvalue weighted by Crippen LogP contribution is -2.54. The third-order valence-electron chi connectivity index (χ3n) is 6.88. The predicted octanol–water partition coefficient (Wildman–Crippen LogP) is 5.81. The van der Waals surface area contributed by atoms with Crippen LogP contribution in [0.25, 0.3) is 0 Å². The summed E-state index contributed by atoms with van der Waals surface area (Å²) in [4.78, 5) is 30.0. The molecule has 3 amide bonds. The highest BCUT2D eigenvalue weighted by Gasteiger charge is 2.47. The second-order valence-electron chi connectivity index (χ2n) is 10.3. The van der Waals surface area contributed by atoms with Crippen LogP contribution in [0.2, 0.25) is 0 Å². The number of thioether (sulfide) groups is 1. The van der Waals surface area contributed by atoms with E-state index in [0.717, 1.165) is 42.0 Å². The first-order chi connectivity index (χ1) is 15.6. The number of carbonyl (C=O) groups is 2. The number of benzene rings is 2. The van der Waals surface area contributed by atoms with Crippen molar-refractivity contribution in [1.29, 1.82) is 0 Å². The van der Waals surface area contributed by atoms with E-state index in [9.17, 15) is 9.59 Å². The van der Waals surface area contributed by atoms with Crippen molar-refractivity contribution < 1.29 is 9.59 Å². The zero-order chi connectivity index (χ0) is 23.8. The largest absolute Gasteiger partial charge is 0.324 e. The molecule has 2 aromatic rings. The number of hydrogen-bond donors (Lipinski definition) is 1. The van der Waals surface area contributed by atoms with Gasteiger partial charge >= 0.3 is 6.03 Å². The van der Waals surface area contributed by atoms with Gasteiger partial charge in [0, 0.05) is 36.6 Å². The Morgan fingerprint density at radius 1 is 0.970 bits per heavy atom. The molecule has 0 atom stereocenters. The fraction of sp³-hybridized carbons (Fsp3) is 0.481. The second-order valence-corrected chi connectivity index (χ2v) is 11.8. The Morgan fingerprint density at radius 3 is 2.24 bits per heavy atom. The number of urea groups is 1. The van der Waals surface area contributed by atoms with Crippen LogP contribution in [-0.4, -0.2) is 52.0 Å². The number of carbonyl (C=O) groups excluding carboxylic acids is 2. The smallest absolute Gasteiger partial charge is 0.321 e. The van der Waals surface area contributed by atoms with Gasteiger partial charge in [-0.1, -0.05) is 50.6 Å². The van der Waals surface area contributed by atoms with E-state index >= 15 is 0 Å². The van der Waals surface area contributed by atoms with Gasteiger partial charge in [0.1, 0.15) is 0 Å². The lowest BCUT2D eigenvalue weighted by molar-refractivity contribution is 0.0585. The zero-order valence-electron chi connectivity index (χ0n) is 20.4. The average molecular weight is 466 g/mol. The first kappa shape index (κ1) is 23.7. The van der Waals surface area contributed by atoms with Crippen LogP contribution in [0.3, 0.4) is 0 Å².